The third-order valence-corrected chi connectivity index (χ3v) is 24.0. The molecule has 6 aliphatic carbocycles. The summed E-state index contributed by atoms with van der Waals surface area (Å²) in [6.45, 7) is 24.4. The molecule has 3 aliphatic heterocycles. The maximum absolute atomic E-state index is 16.2. The second-order valence-corrected chi connectivity index (χ2v) is 31.8. The highest BCUT2D eigenvalue weighted by Crippen LogP contribution is 2.62. The highest BCUT2D eigenvalue weighted by Gasteiger charge is 2.60. The van der Waals surface area contributed by atoms with E-state index in [-0.39, 0.29) is 91.1 Å². The molecule has 2 amide bonds. The summed E-state index contributed by atoms with van der Waals surface area (Å²) in [7, 11) is 6.73. The number of carboxylic acids is 2. The third kappa shape index (κ3) is 16.5. The molecule has 3 saturated heterocycles. The molecular weight excluding hydrogens is 1370 g/mol. The quantitative estimate of drug-likeness (QED) is 0.0207. The van der Waals surface area contributed by atoms with Gasteiger partial charge in [0.15, 0.2) is 0 Å². The summed E-state index contributed by atoms with van der Waals surface area (Å²) in [5, 5.41) is 56.9. The lowest BCUT2D eigenvalue weighted by atomic mass is 9.45. The van der Waals surface area contributed by atoms with Crippen molar-refractivity contribution in [2.75, 3.05) is 51.1 Å². The number of carbonyl (C=O) groups is 4. The van der Waals surface area contributed by atoms with Gasteiger partial charge in [-0.2, -0.15) is 10.1 Å². The fourth-order valence-corrected chi connectivity index (χ4v) is 16.8. The average Bonchev–Trinajstić information content (AvgIpc) is 1.56. The first-order valence-electron chi connectivity index (χ1n) is 34.4. The number of rotatable bonds is 20. The van der Waals surface area contributed by atoms with Gasteiger partial charge in [-0.15, -0.1) is 0 Å². The van der Waals surface area contributed by atoms with Gasteiger partial charge < -0.3 is 50.2 Å². The summed E-state index contributed by atoms with van der Waals surface area (Å²) in [6, 6.07) is 17.8. The molecule has 16 atom stereocenters. The van der Waals surface area contributed by atoms with Crippen molar-refractivity contribution in [1.82, 2.24) is 20.8 Å². The smallest absolute Gasteiger partial charge is 0.478 e. The predicted molar refractivity (Wildman–Crippen MR) is 386 cm³/mol. The number of carboxylic acid groups (broad SMARTS) is 2. The van der Waals surface area contributed by atoms with Crippen LogP contribution in [0.2, 0.25) is 0 Å². The number of nitrogens with zero attached hydrogens (tertiary/aromatic N) is 10. The lowest BCUT2D eigenvalue weighted by Gasteiger charge is -2.62. The van der Waals surface area contributed by atoms with Crippen LogP contribution >= 0.6 is 15.9 Å². The Morgan fingerprint density at radius 1 is 0.653 bits per heavy atom. The highest BCUT2D eigenvalue weighted by molar-refractivity contribution is 9.10. The Hall–Kier alpha value is -6.94. The second-order valence-electron chi connectivity index (χ2n) is 31.0. The van der Waals surface area contributed by atoms with Crippen LogP contribution in [0, 0.1) is 69.8 Å². The second kappa shape index (κ2) is 31.6. The van der Waals surface area contributed by atoms with Crippen molar-refractivity contribution in [1.29, 1.82) is 0 Å². The number of carbonyl (C=O) groups excluding carboxylic acids is 2. The standard InChI is InChI=1S/C33H43FN6O5.C24H33BrFN5O3.C15H22BNO4.CH4/c1-17-25-13-22(33(25,3)4)14-26(17)37-31(42)30-28(18(2)41)27(15-36-38-35)45-40(30)16-19-8-7-9-24(29(19)34)20-10-21(32(43)44)12-23(11-20)39(5)6;1-12-16-8-15(24(16,3)4)9-18(12)29-23(33)22-20(13(2)32)19(10-28-30-27)34-31(22)11-14-6-5-7-17(25)21(14)26;1-14(2)15(3,4)21-16(20-14)11-7-10(13(18)19)8-12(9-11)17(5)6;/h7-12,17-18,22,25-28,30,41H,13-16H2,1-6H3,(H,37,42)(H,43,44);5-7,12-13,15-16,18-20,22,32H,8-11H2,1-4H3,(H,29,33);7-9H,1-6H3,(H,18,19);1H4/t17-,18-,22+,25-,26-,27-,28+,30-;12-,13-,15+,16-,18-,19-,20+,22-;;/m00../s1. The zero-order valence-electron chi connectivity index (χ0n) is 60.1. The van der Waals surface area contributed by atoms with Gasteiger partial charge in [-0.05, 0) is 194 Å². The fraction of sp³-hybridized carbons (Fsp3) is 0.616. The third-order valence-electron chi connectivity index (χ3n) is 23.4. The van der Waals surface area contributed by atoms with Crippen LogP contribution in [0.15, 0.2) is 87.5 Å². The number of hydroxylamine groups is 4. The van der Waals surface area contributed by atoms with Gasteiger partial charge in [-0.3, -0.25) is 19.3 Å². The molecule has 0 radical (unpaired) electrons. The Morgan fingerprint density at radius 2 is 1.07 bits per heavy atom. The van der Waals surface area contributed by atoms with Crippen molar-refractivity contribution >= 4 is 63.6 Å². The normalized spacial score (nSPS) is 29.0. The van der Waals surface area contributed by atoms with Crippen LogP contribution in [-0.4, -0.2) is 162 Å². The zero-order valence-corrected chi connectivity index (χ0v) is 61.6. The molecule has 0 spiro atoms. The number of amides is 2. The van der Waals surface area contributed by atoms with Crippen molar-refractivity contribution in [3.8, 4) is 11.1 Å². The molecule has 550 valence electrons. The van der Waals surface area contributed by atoms with Crippen LogP contribution in [0.1, 0.15) is 148 Å². The molecule has 9 aliphatic rings. The molecule has 3 heterocycles. The number of azide groups is 2. The van der Waals surface area contributed by atoms with Crippen molar-refractivity contribution < 1.29 is 67.4 Å². The van der Waals surface area contributed by atoms with E-state index >= 15 is 4.39 Å². The van der Waals surface area contributed by atoms with E-state index < -0.39 is 90.2 Å². The maximum Gasteiger partial charge on any atom is 0.494 e. The zero-order chi connectivity index (χ0) is 73.6. The number of nitrogens with one attached hydrogen (secondary N) is 2. The van der Waals surface area contributed by atoms with E-state index in [1.54, 1.807) is 87.4 Å². The average molecular weight is 1470 g/mol. The van der Waals surface area contributed by atoms with Crippen LogP contribution in [0.3, 0.4) is 0 Å². The van der Waals surface area contributed by atoms with Crippen molar-refractivity contribution in [3.05, 3.63) is 132 Å². The number of benzene rings is 4. The van der Waals surface area contributed by atoms with Gasteiger partial charge in [0.1, 0.15) is 23.7 Å². The van der Waals surface area contributed by atoms with Crippen LogP contribution in [0.5, 0.6) is 0 Å². The number of hydrogen-bond donors (Lipinski definition) is 6. The predicted octanol–water partition coefficient (Wildman–Crippen LogP) is 12.2. The molecule has 24 nitrogen and oxygen atoms in total. The minimum atomic E-state index is -1.13. The van der Waals surface area contributed by atoms with Crippen LogP contribution < -0.4 is 25.9 Å². The number of aliphatic hydroxyl groups is 2. The van der Waals surface area contributed by atoms with Crippen LogP contribution in [-0.2, 0) is 41.7 Å². The first-order valence-corrected chi connectivity index (χ1v) is 35.2. The number of halogens is 3. The van der Waals surface area contributed by atoms with Crippen LogP contribution in [0.4, 0.5) is 20.2 Å². The minimum absolute atomic E-state index is 0. The van der Waals surface area contributed by atoms with Gasteiger partial charge >= 0.3 is 19.1 Å². The topological polar surface area (TPSA) is 321 Å². The van der Waals surface area contributed by atoms with Gasteiger partial charge in [0, 0.05) is 90.0 Å². The van der Waals surface area contributed by atoms with E-state index in [2.05, 4.69) is 88.2 Å². The van der Waals surface area contributed by atoms with E-state index in [1.807, 2.05) is 52.8 Å². The molecule has 0 aromatic heterocycles. The van der Waals surface area contributed by atoms with E-state index in [1.165, 1.54) is 28.7 Å². The Morgan fingerprint density at radius 3 is 1.47 bits per heavy atom. The van der Waals surface area contributed by atoms with E-state index in [4.69, 9.17) is 30.0 Å². The van der Waals surface area contributed by atoms with Gasteiger partial charge in [-0.25, -0.2) is 18.4 Å². The molecule has 13 rings (SSSR count). The lowest BCUT2D eigenvalue weighted by molar-refractivity contribution is -0.176. The van der Waals surface area contributed by atoms with Gasteiger partial charge in [0.05, 0.1) is 77.4 Å². The summed E-state index contributed by atoms with van der Waals surface area (Å²) in [5.41, 5.74) is 21.0. The van der Waals surface area contributed by atoms with E-state index in [0.717, 1.165) is 30.4 Å². The van der Waals surface area contributed by atoms with Crippen molar-refractivity contribution in [2.45, 2.75) is 189 Å². The largest absolute Gasteiger partial charge is 0.494 e. The van der Waals surface area contributed by atoms with Crippen molar-refractivity contribution in [2.24, 2.45) is 68.4 Å². The SMILES string of the molecule is C.CN(C)c1cc(B2OC(C)(C)C(C)(C)O2)cc(C(=O)O)c1.C[C@@H]1[C@@H](NC(=O)[C@@H]2[C@H]([C@H](C)O)[C@H](CN=[N+]=[N-])ON2Cc2cccc(-c3cc(C(=O)O)cc(N(C)C)c3)c2F)C[C@H]2C[C@@H]1C2(C)C.C[C@@H]1[C@@H](NC(=O)[C@@H]2[C@H]([C@H](C)O)[C@H](CN=[N+]=[N-])ON2Cc2cccc(Br)c2F)C[C@H]2C[C@@H]1C2(C)C. The van der Waals surface area contributed by atoms with Gasteiger partial charge in [-0.1, -0.05) is 89.5 Å². The fourth-order valence-electron chi connectivity index (χ4n) is 16.4. The Balaban J connectivity index is 0.000000204. The Bertz CT molecular complexity index is 3780. The number of anilines is 2. The Kier molecular flexibility index (Phi) is 24.9. The first kappa shape index (κ1) is 79.8. The van der Waals surface area contributed by atoms with E-state index in [9.17, 15) is 44.0 Å². The molecule has 9 fully saturated rings. The summed E-state index contributed by atoms with van der Waals surface area (Å²) in [5.74, 6) is -2.25. The monoisotopic (exact) mass is 1470 g/mol. The van der Waals surface area contributed by atoms with Crippen LogP contribution in [0.25, 0.3) is 32.0 Å². The molecule has 6 saturated carbocycles. The summed E-state index contributed by atoms with van der Waals surface area (Å²) < 4.78 is 43.3. The highest BCUT2D eigenvalue weighted by atomic mass is 79.9. The Labute approximate surface area is 600 Å². The minimum Gasteiger partial charge on any atom is -0.478 e. The van der Waals surface area contributed by atoms with Crippen molar-refractivity contribution in [3.63, 3.8) is 0 Å². The molecule has 101 heavy (non-hydrogen) atoms. The molecular formula is C73H102BBrF2N12O12. The molecule has 0 unspecified atom stereocenters. The van der Waals surface area contributed by atoms with Gasteiger partial charge in [0.2, 0.25) is 11.8 Å². The summed E-state index contributed by atoms with van der Waals surface area (Å²) in [4.78, 5) is 72.3. The molecule has 4 aromatic rings. The first-order chi connectivity index (χ1) is 46.8. The summed E-state index contributed by atoms with van der Waals surface area (Å²) >= 11 is 3.20. The summed E-state index contributed by atoms with van der Waals surface area (Å²) in [6.07, 6.45) is 0.768. The van der Waals surface area contributed by atoms with E-state index in [0.29, 0.717) is 56.3 Å². The maximum atomic E-state index is 16.2. The molecule has 4 bridgehead atoms. The molecule has 4 aromatic carbocycles. The molecule has 28 heteroatoms. The lowest BCUT2D eigenvalue weighted by Crippen LogP contribution is -2.62. The number of aromatic carboxylic acids is 2. The number of hydrogen-bond acceptors (Lipinski definition) is 16. The number of fused-ring (bicyclic) bond motifs is 4. The molecule has 6 N–H and O–H groups in total. The number of aliphatic hydroxyl groups excluding tert-OH is 2. The van der Waals surface area contributed by atoms with Gasteiger partial charge in [0.25, 0.3) is 0 Å².